The van der Waals surface area contributed by atoms with Crippen LogP contribution in [-0.4, -0.2) is 36.7 Å². The molecule has 21 heavy (non-hydrogen) atoms. The van der Waals surface area contributed by atoms with Gasteiger partial charge in [-0.1, -0.05) is 0 Å². The Hall–Kier alpha value is -1.27. The predicted molar refractivity (Wildman–Crippen MR) is 82.5 cm³/mol. The lowest BCUT2D eigenvalue weighted by Crippen LogP contribution is -2.45. The number of halogens is 1. The van der Waals surface area contributed by atoms with Crippen LogP contribution in [0.5, 0.6) is 11.5 Å². The maximum atomic E-state index is 12.7. The van der Waals surface area contributed by atoms with Gasteiger partial charge in [-0.05, 0) is 53.7 Å². The molecule has 0 saturated carbocycles. The minimum Gasteiger partial charge on any atom is -0.454 e. The summed E-state index contributed by atoms with van der Waals surface area (Å²) >= 11 is 3.43. The molecule has 2 heterocycles. The zero-order valence-electron chi connectivity index (χ0n) is 12.0. The molecule has 0 aromatic heterocycles. The summed E-state index contributed by atoms with van der Waals surface area (Å²) in [6.45, 7) is 3.72. The van der Waals surface area contributed by atoms with Crippen molar-refractivity contribution in [2.75, 3.05) is 19.9 Å². The number of carbonyl (C=O) groups is 1. The molecule has 1 fully saturated rings. The van der Waals surface area contributed by atoms with Gasteiger partial charge in [0.1, 0.15) is 0 Å². The number of piperidine rings is 1. The van der Waals surface area contributed by atoms with Crippen molar-refractivity contribution >= 4 is 21.8 Å². The molecule has 114 valence electrons. The van der Waals surface area contributed by atoms with Gasteiger partial charge < -0.3 is 20.1 Å². The molecule has 6 heteroatoms. The van der Waals surface area contributed by atoms with E-state index in [0.717, 1.165) is 30.4 Å². The normalized spacial score (nSPS) is 22.2. The number of amides is 1. The lowest BCUT2D eigenvalue weighted by molar-refractivity contribution is 0.0660. The van der Waals surface area contributed by atoms with E-state index >= 15 is 0 Å². The fraction of sp³-hybridized carbons (Fsp3) is 0.533. The molecule has 1 aromatic rings. The molecule has 2 unspecified atom stereocenters. The maximum absolute atomic E-state index is 12.7. The van der Waals surface area contributed by atoms with E-state index in [9.17, 15) is 4.79 Å². The molecule has 2 aliphatic heterocycles. The molecule has 2 atom stereocenters. The van der Waals surface area contributed by atoms with Crippen molar-refractivity contribution < 1.29 is 14.3 Å². The van der Waals surface area contributed by atoms with Crippen molar-refractivity contribution in [1.82, 2.24) is 4.90 Å². The Morgan fingerprint density at radius 3 is 3.05 bits per heavy atom. The first-order valence-corrected chi connectivity index (χ1v) is 7.99. The molecule has 0 aliphatic carbocycles. The summed E-state index contributed by atoms with van der Waals surface area (Å²) < 4.78 is 11.5. The molecular formula is C15H19BrN2O3. The molecule has 5 nitrogen and oxygen atoms in total. The number of ether oxygens (including phenoxy) is 2. The number of hydrogen-bond donors (Lipinski definition) is 1. The summed E-state index contributed by atoms with van der Waals surface area (Å²) in [7, 11) is 0. The van der Waals surface area contributed by atoms with Crippen molar-refractivity contribution in [2.45, 2.75) is 25.8 Å². The summed E-state index contributed by atoms with van der Waals surface area (Å²) in [5.41, 5.74) is 6.61. The molecule has 2 N–H and O–H groups in total. The number of nitrogens with two attached hydrogens (primary N) is 1. The predicted octanol–water partition coefficient (Wildman–Crippen LogP) is 2.38. The minimum absolute atomic E-state index is 0.0272. The number of likely N-dealkylation sites (tertiary alicyclic amines) is 1. The van der Waals surface area contributed by atoms with Gasteiger partial charge in [-0.2, -0.15) is 0 Å². The van der Waals surface area contributed by atoms with E-state index in [1.807, 2.05) is 11.8 Å². The van der Waals surface area contributed by atoms with Crippen LogP contribution < -0.4 is 15.2 Å². The molecule has 3 rings (SSSR count). The monoisotopic (exact) mass is 354 g/mol. The van der Waals surface area contributed by atoms with Crippen LogP contribution in [0.1, 0.15) is 30.1 Å². The van der Waals surface area contributed by atoms with E-state index in [4.69, 9.17) is 15.2 Å². The van der Waals surface area contributed by atoms with Crippen molar-refractivity contribution in [2.24, 2.45) is 11.7 Å². The quantitative estimate of drug-likeness (QED) is 0.885. The second-order valence-corrected chi connectivity index (χ2v) is 6.56. The van der Waals surface area contributed by atoms with Gasteiger partial charge in [0.15, 0.2) is 11.5 Å². The Bertz CT molecular complexity index is 562. The molecule has 1 saturated heterocycles. The average Bonchev–Trinajstić information content (AvgIpc) is 2.95. The van der Waals surface area contributed by atoms with Crippen LogP contribution in [0.3, 0.4) is 0 Å². The summed E-state index contributed by atoms with van der Waals surface area (Å²) in [5, 5.41) is 0. The van der Waals surface area contributed by atoms with Crippen LogP contribution in [0.4, 0.5) is 0 Å². The molecule has 0 radical (unpaired) electrons. The highest BCUT2D eigenvalue weighted by Gasteiger charge is 2.28. The fourth-order valence-electron chi connectivity index (χ4n) is 2.90. The van der Waals surface area contributed by atoms with Crippen molar-refractivity contribution in [1.29, 1.82) is 0 Å². The molecular weight excluding hydrogens is 336 g/mol. The van der Waals surface area contributed by atoms with Crippen LogP contribution in [0.2, 0.25) is 0 Å². The third-order valence-corrected chi connectivity index (χ3v) is 4.75. The van der Waals surface area contributed by atoms with Gasteiger partial charge >= 0.3 is 0 Å². The SMILES string of the molecule is CC(N)C1CCCN(C(=O)c2cc(Br)c3c(c2)OCO3)C1. The Labute approximate surface area is 132 Å². The fourth-order valence-corrected chi connectivity index (χ4v) is 3.45. The number of benzene rings is 1. The first kappa shape index (κ1) is 14.7. The Kier molecular flexibility index (Phi) is 4.08. The van der Waals surface area contributed by atoms with Gasteiger partial charge in [0, 0.05) is 24.7 Å². The lowest BCUT2D eigenvalue weighted by atomic mass is 9.92. The Morgan fingerprint density at radius 1 is 1.48 bits per heavy atom. The van der Waals surface area contributed by atoms with Gasteiger partial charge in [-0.25, -0.2) is 0 Å². The van der Waals surface area contributed by atoms with E-state index in [-0.39, 0.29) is 18.7 Å². The number of nitrogens with zero attached hydrogens (tertiary/aromatic N) is 1. The van der Waals surface area contributed by atoms with E-state index < -0.39 is 0 Å². The summed E-state index contributed by atoms with van der Waals surface area (Å²) in [5.74, 6) is 1.69. The van der Waals surface area contributed by atoms with Crippen LogP contribution in [0.25, 0.3) is 0 Å². The molecule has 0 bridgehead atoms. The molecule has 1 aromatic carbocycles. The van der Waals surface area contributed by atoms with Gasteiger partial charge in [-0.15, -0.1) is 0 Å². The van der Waals surface area contributed by atoms with E-state index in [0.29, 0.717) is 23.0 Å². The Balaban J connectivity index is 1.80. The van der Waals surface area contributed by atoms with Gasteiger partial charge in [0.05, 0.1) is 4.47 Å². The smallest absolute Gasteiger partial charge is 0.254 e. The number of fused-ring (bicyclic) bond motifs is 1. The number of carbonyl (C=O) groups excluding carboxylic acids is 1. The number of hydrogen-bond acceptors (Lipinski definition) is 4. The van der Waals surface area contributed by atoms with Crippen molar-refractivity contribution in [3.63, 3.8) is 0 Å². The van der Waals surface area contributed by atoms with E-state index in [2.05, 4.69) is 15.9 Å². The van der Waals surface area contributed by atoms with E-state index in [1.165, 1.54) is 0 Å². The van der Waals surface area contributed by atoms with Crippen LogP contribution in [0.15, 0.2) is 16.6 Å². The highest BCUT2D eigenvalue weighted by molar-refractivity contribution is 9.10. The lowest BCUT2D eigenvalue weighted by Gasteiger charge is -2.34. The van der Waals surface area contributed by atoms with Crippen LogP contribution in [0, 0.1) is 5.92 Å². The highest BCUT2D eigenvalue weighted by atomic mass is 79.9. The molecule has 0 spiro atoms. The van der Waals surface area contributed by atoms with Gasteiger partial charge in [-0.3, -0.25) is 4.79 Å². The van der Waals surface area contributed by atoms with Crippen molar-refractivity contribution in [3.8, 4) is 11.5 Å². The minimum atomic E-state index is 0.0272. The molecule has 2 aliphatic rings. The third kappa shape index (κ3) is 2.87. The standard InChI is InChI=1S/C15H19BrN2O3/c1-9(17)10-3-2-4-18(7-10)15(19)11-5-12(16)14-13(6-11)20-8-21-14/h5-6,9-10H,2-4,7-8,17H2,1H3. The average molecular weight is 355 g/mol. The summed E-state index contributed by atoms with van der Waals surface area (Å²) in [4.78, 5) is 14.6. The zero-order valence-corrected chi connectivity index (χ0v) is 13.6. The summed E-state index contributed by atoms with van der Waals surface area (Å²) in [6.07, 6.45) is 2.09. The first-order valence-electron chi connectivity index (χ1n) is 7.20. The highest BCUT2D eigenvalue weighted by Crippen LogP contribution is 2.40. The first-order chi connectivity index (χ1) is 10.1. The largest absolute Gasteiger partial charge is 0.454 e. The van der Waals surface area contributed by atoms with Gasteiger partial charge in [0.25, 0.3) is 5.91 Å². The zero-order chi connectivity index (χ0) is 15.0. The summed E-state index contributed by atoms with van der Waals surface area (Å²) in [6, 6.07) is 3.67. The number of rotatable bonds is 2. The van der Waals surface area contributed by atoms with E-state index in [1.54, 1.807) is 12.1 Å². The second kappa shape index (κ2) is 5.85. The maximum Gasteiger partial charge on any atom is 0.254 e. The molecule has 1 amide bonds. The Morgan fingerprint density at radius 2 is 2.29 bits per heavy atom. The van der Waals surface area contributed by atoms with Crippen LogP contribution in [-0.2, 0) is 0 Å². The van der Waals surface area contributed by atoms with Crippen molar-refractivity contribution in [3.05, 3.63) is 22.2 Å². The third-order valence-electron chi connectivity index (χ3n) is 4.16. The van der Waals surface area contributed by atoms with Crippen LogP contribution >= 0.6 is 15.9 Å². The second-order valence-electron chi connectivity index (χ2n) is 5.70. The van der Waals surface area contributed by atoms with Gasteiger partial charge in [0.2, 0.25) is 6.79 Å². The topological polar surface area (TPSA) is 64.8 Å².